The zero-order valence-corrected chi connectivity index (χ0v) is 21.3. The van der Waals surface area contributed by atoms with E-state index >= 15 is 0 Å². The van der Waals surface area contributed by atoms with Gasteiger partial charge in [0.05, 0.1) is 5.70 Å². The number of unbranched alkanes of at least 4 members (excludes halogenated alkanes) is 1. The average molecular weight is 471 g/mol. The van der Waals surface area contributed by atoms with E-state index in [1.165, 1.54) is 37.4 Å². The van der Waals surface area contributed by atoms with E-state index in [1.54, 1.807) is 12.1 Å². The van der Waals surface area contributed by atoms with Crippen LogP contribution in [0.3, 0.4) is 0 Å². The summed E-state index contributed by atoms with van der Waals surface area (Å²) in [5.41, 5.74) is 2.37. The third-order valence-electron chi connectivity index (χ3n) is 7.68. The highest BCUT2D eigenvalue weighted by Gasteiger charge is 2.34. The standard InChI is InChI=1S/C27H43FN6/c1-4-5-15-29-27-30-19-25(32(2)24-11-6-7-12-24)26(33(27)3)31-23-13-16-34(17-14-23)20-21-9-8-10-22(28)18-21/h8-10,18-19,23-24,26,31H,4-7,11-17,20H2,1-3H3,(H,29,30). The Kier molecular flexibility index (Phi) is 8.84. The lowest BCUT2D eigenvalue weighted by Gasteiger charge is -2.44. The van der Waals surface area contributed by atoms with Crippen LogP contribution in [0.5, 0.6) is 0 Å². The Morgan fingerprint density at radius 1 is 1.18 bits per heavy atom. The highest BCUT2D eigenvalue weighted by molar-refractivity contribution is 5.82. The van der Waals surface area contributed by atoms with Gasteiger partial charge in [-0.2, -0.15) is 0 Å². The number of nitrogens with one attached hydrogen (secondary N) is 2. The van der Waals surface area contributed by atoms with Gasteiger partial charge in [-0.3, -0.25) is 15.2 Å². The van der Waals surface area contributed by atoms with Crippen molar-refractivity contribution in [3.8, 4) is 0 Å². The Morgan fingerprint density at radius 3 is 2.65 bits per heavy atom. The largest absolute Gasteiger partial charge is 0.371 e. The van der Waals surface area contributed by atoms with E-state index in [4.69, 9.17) is 4.99 Å². The Hall–Kier alpha value is -2.12. The maximum absolute atomic E-state index is 13.6. The fourth-order valence-corrected chi connectivity index (χ4v) is 5.51. The number of rotatable bonds is 9. The molecule has 1 aliphatic carbocycles. The highest BCUT2D eigenvalue weighted by atomic mass is 19.1. The van der Waals surface area contributed by atoms with Crippen molar-refractivity contribution in [3.05, 3.63) is 47.5 Å². The molecule has 0 spiro atoms. The number of likely N-dealkylation sites (N-methyl/N-ethyl adjacent to an activating group) is 2. The third-order valence-corrected chi connectivity index (χ3v) is 7.68. The maximum atomic E-state index is 13.6. The number of halogens is 1. The van der Waals surface area contributed by atoms with Crippen LogP contribution < -0.4 is 10.6 Å². The maximum Gasteiger partial charge on any atom is 0.199 e. The van der Waals surface area contributed by atoms with Crippen molar-refractivity contribution in [1.82, 2.24) is 25.3 Å². The quantitative estimate of drug-likeness (QED) is 0.532. The summed E-state index contributed by atoms with van der Waals surface area (Å²) in [7, 11) is 4.41. The first kappa shape index (κ1) is 25.0. The van der Waals surface area contributed by atoms with E-state index in [1.807, 2.05) is 6.07 Å². The monoisotopic (exact) mass is 470 g/mol. The van der Waals surface area contributed by atoms with E-state index in [0.717, 1.165) is 63.4 Å². The molecule has 0 bridgehead atoms. The number of benzene rings is 1. The molecule has 34 heavy (non-hydrogen) atoms. The van der Waals surface area contributed by atoms with Gasteiger partial charge in [-0.15, -0.1) is 0 Å². The number of guanidine groups is 1. The molecule has 1 aromatic carbocycles. The fraction of sp³-hybridized carbons (Fsp3) is 0.667. The van der Waals surface area contributed by atoms with E-state index in [9.17, 15) is 4.39 Å². The summed E-state index contributed by atoms with van der Waals surface area (Å²) in [5.74, 6) is 0.808. The fourth-order valence-electron chi connectivity index (χ4n) is 5.51. The molecule has 0 amide bonds. The predicted molar refractivity (Wildman–Crippen MR) is 138 cm³/mol. The minimum absolute atomic E-state index is 0.118. The molecule has 6 nitrogen and oxygen atoms in total. The van der Waals surface area contributed by atoms with Crippen molar-refractivity contribution >= 4 is 5.96 Å². The van der Waals surface area contributed by atoms with Crippen LogP contribution in [-0.2, 0) is 6.54 Å². The summed E-state index contributed by atoms with van der Waals surface area (Å²) in [4.78, 5) is 12.1. The minimum Gasteiger partial charge on any atom is -0.371 e. The molecule has 7 heteroatoms. The van der Waals surface area contributed by atoms with Crippen LogP contribution in [0.2, 0.25) is 0 Å². The van der Waals surface area contributed by atoms with Gasteiger partial charge in [0.15, 0.2) is 5.96 Å². The zero-order chi connectivity index (χ0) is 23.9. The van der Waals surface area contributed by atoms with Gasteiger partial charge in [-0.25, -0.2) is 4.39 Å². The summed E-state index contributed by atoms with van der Waals surface area (Å²) < 4.78 is 13.6. The average Bonchev–Trinajstić information content (AvgIpc) is 3.37. The molecule has 2 aliphatic heterocycles. The summed E-state index contributed by atoms with van der Waals surface area (Å²) in [6, 6.07) is 8.07. The van der Waals surface area contributed by atoms with Crippen molar-refractivity contribution in [2.45, 2.75) is 83.1 Å². The number of aliphatic imine (C=N–C) groups is 1. The van der Waals surface area contributed by atoms with Crippen LogP contribution in [0.1, 0.15) is 63.9 Å². The molecule has 1 unspecified atom stereocenters. The SMILES string of the molecule is CCCCN=C1NC=C(N(C)C2CCCC2)C(NC2CCN(Cc3cccc(F)c3)CC2)N1C. The third kappa shape index (κ3) is 6.30. The minimum atomic E-state index is -0.148. The highest BCUT2D eigenvalue weighted by Crippen LogP contribution is 2.28. The summed E-state index contributed by atoms with van der Waals surface area (Å²) in [5, 5.41) is 7.47. The molecule has 4 rings (SSSR count). The summed E-state index contributed by atoms with van der Waals surface area (Å²) in [6.07, 6.45) is 12.0. The molecule has 1 saturated carbocycles. The number of piperidine rings is 1. The van der Waals surface area contributed by atoms with Crippen LogP contribution in [-0.4, -0.2) is 72.6 Å². The smallest absolute Gasteiger partial charge is 0.199 e. The molecular weight excluding hydrogens is 427 g/mol. The van der Waals surface area contributed by atoms with Crippen LogP contribution in [0.4, 0.5) is 4.39 Å². The second kappa shape index (κ2) is 12.0. The van der Waals surface area contributed by atoms with Crippen molar-refractivity contribution in [1.29, 1.82) is 0 Å². The predicted octanol–water partition coefficient (Wildman–Crippen LogP) is 4.11. The summed E-state index contributed by atoms with van der Waals surface area (Å²) >= 11 is 0. The molecule has 3 aliphatic rings. The number of hydrogen-bond acceptors (Lipinski definition) is 4. The second-order valence-corrected chi connectivity index (χ2v) is 10.2. The van der Waals surface area contributed by atoms with Crippen LogP contribution in [0, 0.1) is 5.82 Å². The van der Waals surface area contributed by atoms with E-state index in [2.05, 4.69) is 52.6 Å². The molecule has 1 saturated heterocycles. The van der Waals surface area contributed by atoms with Gasteiger partial charge in [0.25, 0.3) is 0 Å². The Bertz CT molecular complexity index is 841. The van der Waals surface area contributed by atoms with Crippen molar-refractivity contribution in [3.63, 3.8) is 0 Å². The Morgan fingerprint density at radius 2 is 1.94 bits per heavy atom. The molecule has 2 fully saturated rings. The second-order valence-electron chi connectivity index (χ2n) is 10.2. The van der Waals surface area contributed by atoms with Gasteiger partial charge in [0, 0.05) is 45.5 Å². The van der Waals surface area contributed by atoms with Crippen LogP contribution in [0.15, 0.2) is 41.2 Å². The number of nitrogens with zero attached hydrogens (tertiary/aromatic N) is 4. The first-order valence-corrected chi connectivity index (χ1v) is 13.2. The number of hydrogen-bond donors (Lipinski definition) is 2. The lowest BCUT2D eigenvalue weighted by atomic mass is 10.0. The molecule has 1 aromatic rings. The van der Waals surface area contributed by atoms with Gasteiger partial charge in [0.2, 0.25) is 0 Å². The van der Waals surface area contributed by atoms with Gasteiger partial charge in [-0.05, 0) is 62.9 Å². The zero-order valence-electron chi connectivity index (χ0n) is 21.3. The van der Waals surface area contributed by atoms with E-state index < -0.39 is 0 Å². The van der Waals surface area contributed by atoms with E-state index in [-0.39, 0.29) is 12.0 Å². The normalized spacial score (nSPS) is 23.9. The molecular formula is C27H43FN6. The first-order chi connectivity index (χ1) is 16.5. The molecule has 2 heterocycles. The lowest BCUT2D eigenvalue weighted by molar-refractivity contribution is 0.155. The van der Waals surface area contributed by atoms with Gasteiger partial charge < -0.3 is 15.1 Å². The first-order valence-electron chi connectivity index (χ1n) is 13.2. The summed E-state index contributed by atoms with van der Waals surface area (Å²) in [6.45, 7) is 5.94. The van der Waals surface area contributed by atoms with Crippen LogP contribution >= 0.6 is 0 Å². The number of likely N-dealkylation sites (tertiary alicyclic amines) is 1. The Labute approximate surface area is 205 Å². The molecule has 0 aromatic heterocycles. The molecule has 188 valence electrons. The Balaban J connectivity index is 1.40. The van der Waals surface area contributed by atoms with Gasteiger partial charge >= 0.3 is 0 Å². The van der Waals surface area contributed by atoms with Gasteiger partial charge in [-0.1, -0.05) is 38.3 Å². The van der Waals surface area contributed by atoms with Crippen molar-refractivity contribution in [2.75, 3.05) is 33.7 Å². The van der Waals surface area contributed by atoms with Crippen LogP contribution in [0.25, 0.3) is 0 Å². The van der Waals surface area contributed by atoms with Crippen molar-refractivity contribution < 1.29 is 4.39 Å². The van der Waals surface area contributed by atoms with Gasteiger partial charge in [0.1, 0.15) is 12.0 Å². The molecule has 1 atom stereocenters. The van der Waals surface area contributed by atoms with Crippen molar-refractivity contribution in [2.24, 2.45) is 4.99 Å². The topological polar surface area (TPSA) is 46.1 Å². The molecule has 0 radical (unpaired) electrons. The lowest BCUT2D eigenvalue weighted by Crippen LogP contribution is -2.60. The van der Waals surface area contributed by atoms with E-state index in [0.29, 0.717) is 12.1 Å². The molecule has 2 N–H and O–H groups in total.